The van der Waals surface area contributed by atoms with Crippen LogP contribution in [-0.2, 0) is 19.7 Å². The maximum atomic E-state index is 5.81. The van der Waals surface area contributed by atoms with Crippen LogP contribution >= 0.6 is 0 Å². The van der Waals surface area contributed by atoms with Gasteiger partial charge in [0.2, 0.25) is 0 Å². The molecule has 20 heavy (non-hydrogen) atoms. The molecule has 108 valence electrons. The summed E-state index contributed by atoms with van der Waals surface area (Å²) in [7, 11) is 0. The van der Waals surface area contributed by atoms with E-state index < -0.39 is 0 Å². The van der Waals surface area contributed by atoms with Crippen LogP contribution in [-0.4, -0.2) is 16.4 Å². The summed E-state index contributed by atoms with van der Waals surface area (Å²) < 4.78 is 13.3. The van der Waals surface area contributed by atoms with Gasteiger partial charge in [-0.25, -0.2) is 0 Å². The zero-order valence-electron chi connectivity index (χ0n) is 12.0. The smallest absolute Gasteiger partial charge is 0.161 e. The second kappa shape index (κ2) is 6.96. The van der Waals surface area contributed by atoms with Crippen molar-refractivity contribution < 1.29 is 9.47 Å². The third-order valence-electron chi connectivity index (χ3n) is 2.95. The van der Waals surface area contributed by atoms with Crippen molar-refractivity contribution in [3.63, 3.8) is 0 Å². The molecule has 5 nitrogen and oxygen atoms in total. The van der Waals surface area contributed by atoms with Gasteiger partial charge in [0.15, 0.2) is 11.5 Å². The van der Waals surface area contributed by atoms with Gasteiger partial charge in [0.25, 0.3) is 0 Å². The Bertz CT molecular complexity index is 552. The zero-order chi connectivity index (χ0) is 14.4. The Morgan fingerprint density at radius 3 is 2.65 bits per heavy atom. The molecule has 2 aromatic rings. The quantitative estimate of drug-likeness (QED) is 0.842. The van der Waals surface area contributed by atoms with Crippen LogP contribution in [0.3, 0.4) is 0 Å². The van der Waals surface area contributed by atoms with Crippen molar-refractivity contribution in [2.45, 2.75) is 33.5 Å². The first kappa shape index (κ1) is 14.4. The fourth-order valence-corrected chi connectivity index (χ4v) is 1.88. The van der Waals surface area contributed by atoms with Gasteiger partial charge in [0, 0.05) is 24.8 Å². The summed E-state index contributed by atoms with van der Waals surface area (Å²) in [4.78, 5) is 0. The number of hydrogen-bond donors (Lipinski definition) is 1. The van der Waals surface area contributed by atoms with E-state index in [0.29, 0.717) is 19.8 Å². The zero-order valence-corrected chi connectivity index (χ0v) is 12.0. The minimum absolute atomic E-state index is 0.474. The summed E-state index contributed by atoms with van der Waals surface area (Å²) in [5.41, 5.74) is 7.71. The summed E-state index contributed by atoms with van der Waals surface area (Å²) in [5, 5.41) is 4.22. The normalized spacial score (nSPS) is 10.6. The van der Waals surface area contributed by atoms with E-state index in [1.54, 1.807) is 0 Å². The second-order valence-corrected chi connectivity index (χ2v) is 4.41. The van der Waals surface area contributed by atoms with Crippen molar-refractivity contribution in [2.75, 3.05) is 6.61 Å². The molecule has 0 radical (unpaired) electrons. The van der Waals surface area contributed by atoms with E-state index in [1.165, 1.54) is 0 Å². The highest BCUT2D eigenvalue weighted by Crippen LogP contribution is 2.29. The minimum Gasteiger partial charge on any atom is -0.490 e. The van der Waals surface area contributed by atoms with Crippen molar-refractivity contribution >= 4 is 0 Å². The van der Waals surface area contributed by atoms with Gasteiger partial charge in [-0.2, -0.15) is 5.10 Å². The molecule has 0 amide bonds. The molecule has 1 heterocycles. The van der Waals surface area contributed by atoms with Crippen molar-refractivity contribution in [1.29, 1.82) is 0 Å². The molecule has 0 aliphatic heterocycles. The van der Waals surface area contributed by atoms with Gasteiger partial charge in [-0.3, -0.25) is 4.68 Å². The van der Waals surface area contributed by atoms with E-state index in [1.807, 2.05) is 42.2 Å². The molecule has 5 heteroatoms. The minimum atomic E-state index is 0.474. The third-order valence-corrected chi connectivity index (χ3v) is 2.95. The van der Waals surface area contributed by atoms with Gasteiger partial charge in [-0.05, 0) is 31.5 Å². The van der Waals surface area contributed by atoms with Crippen LogP contribution in [0, 0.1) is 0 Å². The average Bonchev–Trinajstić information content (AvgIpc) is 2.94. The molecular weight excluding hydrogens is 254 g/mol. The van der Waals surface area contributed by atoms with E-state index in [0.717, 1.165) is 29.2 Å². The summed E-state index contributed by atoms with van der Waals surface area (Å²) in [6.45, 7) is 6.42. The molecule has 0 bridgehead atoms. The van der Waals surface area contributed by atoms with Crippen LogP contribution in [0.1, 0.15) is 25.0 Å². The van der Waals surface area contributed by atoms with Crippen LogP contribution in [0.5, 0.6) is 11.5 Å². The average molecular weight is 275 g/mol. The van der Waals surface area contributed by atoms with Crippen LogP contribution in [0.2, 0.25) is 0 Å². The van der Waals surface area contributed by atoms with E-state index >= 15 is 0 Å². The van der Waals surface area contributed by atoms with Crippen molar-refractivity contribution in [2.24, 2.45) is 5.73 Å². The summed E-state index contributed by atoms with van der Waals surface area (Å²) >= 11 is 0. The molecule has 1 aromatic carbocycles. The predicted octanol–water partition coefficient (Wildman–Crippen LogP) is 2.34. The van der Waals surface area contributed by atoms with Gasteiger partial charge in [0.05, 0.1) is 12.8 Å². The summed E-state index contributed by atoms with van der Waals surface area (Å²) in [6, 6.07) is 5.78. The monoisotopic (exact) mass is 275 g/mol. The Labute approximate surface area is 119 Å². The highest BCUT2D eigenvalue weighted by molar-refractivity contribution is 5.43. The fraction of sp³-hybridized carbons (Fsp3) is 0.400. The van der Waals surface area contributed by atoms with Gasteiger partial charge < -0.3 is 15.2 Å². The van der Waals surface area contributed by atoms with E-state index in [-0.39, 0.29) is 0 Å². The summed E-state index contributed by atoms with van der Waals surface area (Å²) in [6.07, 6.45) is 3.80. The molecule has 0 atom stereocenters. The van der Waals surface area contributed by atoms with Gasteiger partial charge in [0.1, 0.15) is 6.61 Å². The molecule has 2 N–H and O–H groups in total. The maximum absolute atomic E-state index is 5.81. The predicted molar refractivity (Wildman–Crippen MR) is 77.7 cm³/mol. The lowest BCUT2D eigenvalue weighted by molar-refractivity contribution is 0.269. The van der Waals surface area contributed by atoms with Gasteiger partial charge in [-0.15, -0.1) is 0 Å². The Hall–Kier alpha value is -2.01. The van der Waals surface area contributed by atoms with E-state index in [4.69, 9.17) is 15.2 Å². The highest BCUT2D eigenvalue weighted by atomic mass is 16.5. The van der Waals surface area contributed by atoms with Crippen molar-refractivity contribution in [3.05, 3.63) is 41.7 Å². The largest absolute Gasteiger partial charge is 0.490 e. The molecule has 0 saturated heterocycles. The van der Waals surface area contributed by atoms with Crippen molar-refractivity contribution in [1.82, 2.24) is 9.78 Å². The van der Waals surface area contributed by atoms with Gasteiger partial charge >= 0.3 is 0 Å². The number of nitrogens with zero attached hydrogens (tertiary/aromatic N) is 2. The molecular formula is C15H21N3O2. The number of ether oxygens (including phenoxy) is 2. The van der Waals surface area contributed by atoms with Crippen LogP contribution in [0.4, 0.5) is 0 Å². The number of nitrogens with two attached hydrogens (primary N) is 1. The number of hydrogen-bond acceptors (Lipinski definition) is 4. The topological polar surface area (TPSA) is 62.3 Å². The van der Waals surface area contributed by atoms with Crippen LogP contribution in [0.15, 0.2) is 30.6 Å². The SMILES string of the molecule is CCOc1cc(CN)ccc1OCc1cnn(CC)c1. The van der Waals surface area contributed by atoms with Crippen LogP contribution < -0.4 is 15.2 Å². The Balaban J connectivity index is 2.07. The Morgan fingerprint density at radius 2 is 2.00 bits per heavy atom. The van der Waals surface area contributed by atoms with E-state index in [2.05, 4.69) is 12.0 Å². The number of rotatable bonds is 7. The molecule has 0 spiro atoms. The van der Waals surface area contributed by atoms with Crippen LogP contribution in [0.25, 0.3) is 0 Å². The molecule has 0 aliphatic rings. The number of aryl methyl sites for hydroxylation is 1. The lowest BCUT2D eigenvalue weighted by atomic mass is 10.2. The molecule has 0 unspecified atom stereocenters. The molecule has 1 aromatic heterocycles. The fourth-order valence-electron chi connectivity index (χ4n) is 1.88. The molecule has 0 saturated carbocycles. The number of benzene rings is 1. The maximum Gasteiger partial charge on any atom is 0.161 e. The first-order valence-corrected chi connectivity index (χ1v) is 6.86. The third kappa shape index (κ3) is 3.51. The molecule has 2 rings (SSSR count). The lowest BCUT2D eigenvalue weighted by Crippen LogP contribution is -2.02. The Morgan fingerprint density at radius 1 is 1.15 bits per heavy atom. The number of aromatic nitrogens is 2. The van der Waals surface area contributed by atoms with E-state index in [9.17, 15) is 0 Å². The Kier molecular flexibility index (Phi) is 5.01. The summed E-state index contributed by atoms with van der Waals surface area (Å²) in [5.74, 6) is 1.46. The second-order valence-electron chi connectivity index (χ2n) is 4.41. The molecule has 0 fully saturated rings. The first-order valence-electron chi connectivity index (χ1n) is 6.86. The van der Waals surface area contributed by atoms with Gasteiger partial charge in [-0.1, -0.05) is 6.07 Å². The van der Waals surface area contributed by atoms with Crippen molar-refractivity contribution in [3.8, 4) is 11.5 Å². The highest BCUT2D eigenvalue weighted by Gasteiger charge is 2.07. The molecule has 0 aliphatic carbocycles. The standard InChI is InChI=1S/C15H21N3O2/c1-3-18-10-13(9-17-18)11-20-14-6-5-12(8-16)7-15(14)19-4-2/h5-7,9-10H,3-4,8,11,16H2,1-2H3. The first-order chi connectivity index (χ1) is 9.76. The lowest BCUT2D eigenvalue weighted by Gasteiger charge is -2.12.